The Labute approximate surface area is 184 Å². The number of benzene rings is 2. The van der Waals surface area contributed by atoms with Crippen LogP contribution in [-0.2, 0) is 14.8 Å². The first kappa shape index (κ1) is 23.1. The number of nitrogens with one attached hydrogen (secondary N) is 1. The number of nitrogens with zero attached hydrogens (tertiary/aromatic N) is 1. The van der Waals surface area contributed by atoms with Crippen LogP contribution in [0.1, 0.15) is 42.0 Å². The predicted molar refractivity (Wildman–Crippen MR) is 119 cm³/mol. The van der Waals surface area contributed by atoms with Crippen LogP contribution in [0.2, 0.25) is 0 Å². The van der Waals surface area contributed by atoms with Crippen molar-refractivity contribution < 1.29 is 22.7 Å². The zero-order chi connectivity index (χ0) is 22.6. The number of carbonyl (C=O) groups is 1. The lowest BCUT2D eigenvalue weighted by Gasteiger charge is -2.26. The van der Waals surface area contributed by atoms with Crippen molar-refractivity contribution in [1.82, 2.24) is 9.62 Å². The molecule has 168 valence electrons. The molecule has 7 nitrogen and oxygen atoms in total. The summed E-state index contributed by atoms with van der Waals surface area (Å²) in [5.74, 6) is 1.29. The number of aryl methyl sites for hydroxylation is 2. The van der Waals surface area contributed by atoms with Crippen LogP contribution in [0.5, 0.6) is 11.5 Å². The summed E-state index contributed by atoms with van der Waals surface area (Å²) in [5.41, 5.74) is 2.88. The van der Waals surface area contributed by atoms with E-state index in [1.54, 1.807) is 32.4 Å². The van der Waals surface area contributed by atoms with Gasteiger partial charge in [-0.15, -0.1) is 0 Å². The molecule has 0 spiro atoms. The molecule has 2 aromatic rings. The standard InChI is InChI=1S/C23H30N2O5S/c1-16-7-9-19(14-17(16)2)31(27,28)24-12-11-23(26)25-13-5-6-21(25)20-10-8-18(29-3)15-22(20)30-4/h7-10,14-15,21,24H,5-6,11-13H2,1-4H3. The van der Waals surface area contributed by atoms with Crippen LogP contribution in [0, 0.1) is 13.8 Å². The Morgan fingerprint density at radius 3 is 2.55 bits per heavy atom. The summed E-state index contributed by atoms with van der Waals surface area (Å²) in [4.78, 5) is 14.9. The van der Waals surface area contributed by atoms with Crippen LogP contribution >= 0.6 is 0 Å². The Balaban J connectivity index is 1.65. The van der Waals surface area contributed by atoms with Gasteiger partial charge < -0.3 is 14.4 Å². The molecule has 2 aromatic carbocycles. The van der Waals surface area contributed by atoms with Crippen molar-refractivity contribution in [2.24, 2.45) is 0 Å². The number of ether oxygens (including phenoxy) is 2. The molecular formula is C23H30N2O5S. The highest BCUT2D eigenvalue weighted by Gasteiger charge is 2.32. The van der Waals surface area contributed by atoms with Gasteiger partial charge in [-0.05, 0) is 62.1 Å². The number of likely N-dealkylation sites (tertiary alicyclic amines) is 1. The first-order valence-corrected chi connectivity index (χ1v) is 11.8. The maximum atomic E-state index is 12.9. The van der Waals surface area contributed by atoms with Crippen molar-refractivity contribution >= 4 is 15.9 Å². The molecule has 0 bridgehead atoms. The van der Waals surface area contributed by atoms with Crippen LogP contribution in [0.4, 0.5) is 0 Å². The second-order valence-corrected chi connectivity index (χ2v) is 9.51. The molecule has 1 unspecified atom stereocenters. The number of carbonyl (C=O) groups excluding carboxylic acids is 1. The highest BCUT2D eigenvalue weighted by molar-refractivity contribution is 7.89. The zero-order valence-corrected chi connectivity index (χ0v) is 19.3. The number of hydrogen-bond donors (Lipinski definition) is 1. The van der Waals surface area contributed by atoms with E-state index in [2.05, 4.69) is 4.72 Å². The molecule has 0 aromatic heterocycles. The number of methoxy groups -OCH3 is 2. The minimum atomic E-state index is -3.66. The SMILES string of the molecule is COc1ccc(C2CCCN2C(=O)CCNS(=O)(=O)c2ccc(C)c(C)c2)c(OC)c1. The van der Waals surface area contributed by atoms with Crippen molar-refractivity contribution in [2.45, 2.75) is 44.0 Å². The fourth-order valence-electron chi connectivity index (χ4n) is 3.88. The summed E-state index contributed by atoms with van der Waals surface area (Å²) in [6.07, 6.45) is 1.82. The molecule has 31 heavy (non-hydrogen) atoms. The predicted octanol–water partition coefficient (Wildman–Crippen LogP) is 3.35. The second-order valence-electron chi connectivity index (χ2n) is 7.75. The van der Waals surface area contributed by atoms with E-state index < -0.39 is 10.0 Å². The average molecular weight is 447 g/mol. The molecule has 1 aliphatic rings. The second kappa shape index (κ2) is 9.70. The van der Waals surface area contributed by atoms with Gasteiger partial charge in [0, 0.05) is 31.1 Å². The maximum absolute atomic E-state index is 12.9. The van der Waals surface area contributed by atoms with Crippen LogP contribution < -0.4 is 14.2 Å². The smallest absolute Gasteiger partial charge is 0.240 e. The highest BCUT2D eigenvalue weighted by Crippen LogP contribution is 2.38. The fourth-order valence-corrected chi connectivity index (χ4v) is 5.00. The number of amides is 1. The van der Waals surface area contributed by atoms with Gasteiger partial charge in [0.1, 0.15) is 11.5 Å². The summed E-state index contributed by atoms with van der Waals surface area (Å²) in [7, 11) is -0.463. The summed E-state index contributed by atoms with van der Waals surface area (Å²) in [6.45, 7) is 4.50. The van der Waals surface area contributed by atoms with Crippen molar-refractivity contribution in [3.8, 4) is 11.5 Å². The third-order valence-corrected chi connectivity index (χ3v) is 7.25. The molecule has 1 aliphatic heterocycles. The molecule has 1 amide bonds. The Morgan fingerprint density at radius 1 is 1.10 bits per heavy atom. The monoisotopic (exact) mass is 446 g/mol. The highest BCUT2D eigenvalue weighted by atomic mass is 32.2. The van der Waals surface area contributed by atoms with E-state index >= 15 is 0 Å². The molecule has 1 fully saturated rings. The van der Waals surface area contributed by atoms with E-state index in [0.29, 0.717) is 18.0 Å². The van der Waals surface area contributed by atoms with Crippen LogP contribution in [-0.4, -0.2) is 46.5 Å². The van der Waals surface area contributed by atoms with E-state index in [9.17, 15) is 13.2 Å². The molecule has 1 heterocycles. The van der Waals surface area contributed by atoms with Gasteiger partial charge in [0.2, 0.25) is 15.9 Å². The fraction of sp³-hybridized carbons (Fsp3) is 0.435. The van der Waals surface area contributed by atoms with Gasteiger partial charge in [-0.1, -0.05) is 6.07 Å². The van der Waals surface area contributed by atoms with Crippen LogP contribution in [0.3, 0.4) is 0 Å². The van der Waals surface area contributed by atoms with Gasteiger partial charge in [-0.25, -0.2) is 13.1 Å². The van der Waals surface area contributed by atoms with Crippen molar-refractivity contribution in [2.75, 3.05) is 27.3 Å². The van der Waals surface area contributed by atoms with Crippen molar-refractivity contribution in [3.63, 3.8) is 0 Å². The first-order valence-electron chi connectivity index (χ1n) is 10.3. The van der Waals surface area contributed by atoms with Crippen molar-refractivity contribution in [1.29, 1.82) is 0 Å². The first-order chi connectivity index (χ1) is 14.8. The average Bonchev–Trinajstić information content (AvgIpc) is 3.24. The lowest BCUT2D eigenvalue weighted by molar-refractivity contribution is -0.132. The van der Waals surface area contributed by atoms with E-state index in [0.717, 1.165) is 29.5 Å². The summed E-state index contributed by atoms with van der Waals surface area (Å²) in [6, 6.07) is 10.5. The van der Waals surface area contributed by atoms with Crippen LogP contribution in [0.25, 0.3) is 0 Å². The number of hydrogen-bond acceptors (Lipinski definition) is 5. The van der Waals surface area contributed by atoms with Crippen LogP contribution in [0.15, 0.2) is 41.3 Å². The Kier molecular flexibility index (Phi) is 7.23. The van der Waals surface area contributed by atoms with Gasteiger partial charge in [0.05, 0.1) is 25.2 Å². The third kappa shape index (κ3) is 5.19. The summed E-state index contributed by atoms with van der Waals surface area (Å²) >= 11 is 0. The minimum absolute atomic E-state index is 0.0526. The Hall–Kier alpha value is -2.58. The molecule has 8 heteroatoms. The molecule has 1 saturated heterocycles. The van der Waals surface area contributed by atoms with E-state index in [4.69, 9.17) is 9.47 Å². The molecule has 0 radical (unpaired) electrons. The summed E-state index contributed by atoms with van der Waals surface area (Å²) in [5, 5.41) is 0. The lowest BCUT2D eigenvalue weighted by atomic mass is 10.0. The number of sulfonamides is 1. The van der Waals surface area contributed by atoms with E-state index in [1.165, 1.54) is 0 Å². The van der Waals surface area contributed by atoms with Gasteiger partial charge in [0.15, 0.2) is 0 Å². The molecule has 0 saturated carbocycles. The van der Waals surface area contributed by atoms with E-state index in [1.807, 2.05) is 36.9 Å². The molecule has 0 aliphatic carbocycles. The van der Waals surface area contributed by atoms with Crippen molar-refractivity contribution in [3.05, 3.63) is 53.1 Å². The third-order valence-electron chi connectivity index (χ3n) is 5.79. The maximum Gasteiger partial charge on any atom is 0.240 e. The van der Waals surface area contributed by atoms with E-state index in [-0.39, 0.29) is 29.8 Å². The zero-order valence-electron chi connectivity index (χ0n) is 18.5. The number of rotatable bonds is 8. The van der Waals surface area contributed by atoms with Gasteiger partial charge in [-0.2, -0.15) is 0 Å². The quantitative estimate of drug-likeness (QED) is 0.672. The topological polar surface area (TPSA) is 84.9 Å². The molecule has 1 atom stereocenters. The molecular weight excluding hydrogens is 416 g/mol. The summed E-state index contributed by atoms with van der Waals surface area (Å²) < 4.78 is 38.4. The van der Waals surface area contributed by atoms with Gasteiger partial charge in [0.25, 0.3) is 0 Å². The minimum Gasteiger partial charge on any atom is -0.497 e. The normalized spacial score (nSPS) is 16.4. The van der Waals surface area contributed by atoms with Gasteiger partial charge >= 0.3 is 0 Å². The largest absolute Gasteiger partial charge is 0.497 e. The molecule has 1 N–H and O–H groups in total. The van der Waals surface area contributed by atoms with Gasteiger partial charge in [-0.3, -0.25) is 4.79 Å². The lowest BCUT2D eigenvalue weighted by Crippen LogP contribution is -2.34. The Bertz CT molecular complexity index is 1050. The Morgan fingerprint density at radius 2 is 1.87 bits per heavy atom. The molecule has 3 rings (SSSR count).